The lowest BCUT2D eigenvalue weighted by molar-refractivity contribution is 0.181. The molecule has 1 aliphatic heterocycles. The van der Waals surface area contributed by atoms with E-state index in [1.165, 1.54) is 5.75 Å². The summed E-state index contributed by atoms with van der Waals surface area (Å²) in [5.74, 6) is 2.31. The first-order valence-corrected chi connectivity index (χ1v) is 18.0. The summed E-state index contributed by atoms with van der Waals surface area (Å²) in [7, 11) is -4.53. The van der Waals surface area contributed by atoms with Crippen LogP contribution in [0.3, 0.4) is 0 Å². The molecular weight excluding hydrogens is 280 g/mol. The van der Waals surface area contributed by atoms with Gasteiger partial charge in [0.25, 0.3) is 0 Å². The standard InChI is InChI=1S/C11H28O2SSi3/c1-15(2,3)11-10-14-9-8-12-17(7,13-11)16(4,5)6/h11H,8-10H2,1-7H3. The summed E-state index contributed by atoms with van der Waals surface area (Å²) >= 11 is 2.00. The second-order valence-corrected chi connectivity index (χ2v) is 27.8. The molecule has 2 atom stereocenters. The molecule has 1 fully saturated rings. The molecule has 2 nitrogen and oxygen atoms in total. The SMILES string of the molecule is C[Si](C)(C)C1CSCCO[Si](C)([Si](C)(C)C)O1. The average molecular weight is 309 g/mol. The first kappa shape index (κ1) is 16.0. The van der Waals surface area contributed by atoms with Crippen molar-refractivity contribution in [3.63, 3.8) is 0 Å². The van der Waals surface area contributed by atoms with E-state index >= 15 is 0 Å². The minimum absolute atomic E-state index is 0.469. The average Bonchev–Trinajstić information content (AvgIpc) is 2.07. The van der Waals surface area contributed by atoms with E-state index in [2.05, 4.69) is 45.8 Å². The summed E-state index contributed by atoms with van der Waals surface area (Å²) in [5.41, 5.74) is 0.469. The van der Waals surface area contributed by atoms with Gasteiger partial charge in [0.15, 0.2) is 0 Å². The highest BCUT2D eigenvalue weighted by Crippen LogP contribution is 2.29. The molecule has 2 unspecified atom stereocenters. The van der Waals surface area contributed by atoms with Gasteiger partial charge in [-0.25, -0.2) is 0 Å². The van der Waals surface area contributed by atoms with Crippen LogP contribution in [-0.2, 0) is 8.85 Å². The van der Waals surface area contributed by atoms with Crippen LogP contribution in [0, 0.1) is 0 Å². The van der Waals surface area contributed by atoms with Gasteiger partial charge in [-0.2, -0.15) is 11.8 Å². The maximum absolute atomic E-state index is 6.63. The highest BCUT2D eigenvalue weighted by Gasteiger charge is 2.49. The van der Waals surface area contributed by atoms with Crippen LogP contribution in [0.15, 0.2) is 0 Å². The molecule has 0 aliphatic carbocycles. The maximum atomic E-state index is 6.63. The molecule has 0 radical (unpaired) electrons. The van der Waals surface area contributed by atoms with Gasteiger partial charge in [0.2, 0.25) is 0 Å². The highest BCUT2D eigenvalue weighted by molar-refractivity contribution is 7.99. The summed E-state index contributed by atoms with van der Waals surface area (Å²) < 4.78 is 12.9. The lowest BCUT2D eigenvalue weighted by atomic mass is 10.8. The van der Waals surface area contributed by atoms with E-state index in [1.807, 2.05) is 11.8 Å². The molecule has 0 saturated carbocycles. The summed E-state index contributed by atoms with van der Waals surface area (Å²) in [4.78, 5) is 0. The van der Waals surface area contributed by atoms with Crippen molar-refractivity contribution in [2.24, 2.45) is 0 Å². The van der Waals surface area contributed by atoms with E-state index < -0.39 is 23.7 Å². The molecule has 0 aromatic rings. The highest BCUT2D eigenvalue weighted by atomic mass is 32.2. The minimum atomic E-state index is -1.93. The van der Waals surface area contributed by atoms with Gasteiger partial charge in [-0.05, 0) is 6.55 Å². The van der Waals surface area contributed by atoms with E-state index in [4.69, 9.17) is 8.85 Å². The van der Waals surface area contributed by atoms with Gasteiger partial charge in [-0.15, -0.1) is 0 Å². The van der Waals surface area contributed by atoms with Crippen LogP contribution < -0.4 is 0 Å². The predicted octanol–water partition coefficient (Wildman–Crippen LogP) is 3.50. The molecule has 0 aromatic heterocycles. The molecule has 17 heavy (non-hydrogen) atoms. The molecule has 1 rings (SSSR count). The third kappa shape index (κ3) is 4.21. The Balaban J connectivity index is 2.90. The Kier molecular flexibility index (Phi) is 5.17. The Morgan fingerprint density at radius 2 is 1.71 bits per heavy atom. The third-order valence-corrected chi connectivity index (χ3v) is 20.5. The Morgan fingerprint density at radius 1 is 1.12 bits per heavy atom. The normalized spacial score (nSPS) is 33.0. The molecule has 6 heteroatoms. The fourth-order valence-corrected chi connectivity index (χ4v) is 12.4. The molecule has 0 amide bonds. The Bertz CT molecular complexity index is 262. The lowest BCUT2D eigenvalue weighted by Gasteiger charge is -2.44. The minimum Gasteiger partial charge on any atom is -0.396 e. The number of rotatable bonds is 2. The van der Waals surface area contributed by atoms with Crippen LogP contribution in [0.2, 0.25) is 45.8 Å². The quantitative estimate of drug-likeness (QED) is 0.727. The van der Waals surface area contributed by atoms with Crippen LogP contribution in [0.4, 0.5) is 0 Å². The second-order valence-electron chi connectivity index (χ2n) is 7.09. The maximum Gasteiger partial charge on any atom is 0.312 e. The summed E-state index contributed by atoms with van der Waals surface area (Å²) in [5, 5.41) is 0. The lowest BCUT2D eigenvalue weighted by Crippen LogP contribution is -2.64. The third-order valence-electron chi connectivity index (χ3n) is 3.57. The van der Waals surface area contributed by atoms with E-state index in [9.17, 15) is 0 Å². The van der Waals surface area contributed by atoms with Crippen molar-refractivity contribution in [1.82, 2.24) is 0 Å². The second kappa shape index (κ2) is 5.50. The molecule has 0 bridgehead atoms. The molecule has 102 valence electrons. The number of thioether (sulfide) groups is 1. The fourth-order valence-electron chi connectivity index (χ4n) is 1.65. The Hall–Kier alpha value is 0.921. The van der Waals surface area contributed by atoms with E-state index in [1.54, 1.807) is 0 Å². The first-order chi connectivity index (χ1) is 7.56. The predicted molar refractivity (Wildman–Crippen MR) is 86.5 cm³/mol. The van der Waals surface area contributed by atoms with Gasteiger partial charge in [0.1, 0.15) is 7.59 Å². The van der Waals surface area contributed by atoms with Crippen molar-refractivity contribution >= 4 is 35.5 Å². The zero-order valence-corrected chi connectivity index (χ0v) is 16.2. The van der Waals surface area contributed by atoms with Crippen LogP contribution in [-0.4, -0.2) is 47.6 Å². The molecular formula is C11H28O2SSi3. The van der Waals surface area contributed by atoms with Gasteiger partial charge in [-0.3, -0.25) is 0 Å². The van der Waals surface area contributed by atoms with E-state index in [0.29, 0.717) is 5.73 Å². The summed E-state index contributed by atoms with van der Waals surface area (Å²) in [6.45, 7) is 17.6. The van der Waals surface area contributed by atoms with Crippen molar-refractivity contribution in [2.45, 2.75) is 51.6 Å². The molecule has 0 aromatic carbocycles. The van der Waals surface area contributed by atoms with Crippen molar-refractivity contribution in [2.75, 3.05) is 18.1 Å². The topological polar surface area (TPSA) is 18.5 Å². The van der Waals surface area contributed by atoms with Gasteiger partial charge in [0.05, 0.1) is 8.07 Å². The van der Waals surface area contributed by atoms with Crippen LogP contribution >= 0.6 is 11.8 Å². The fraction of sp³-hybridized carbons (Fsp3) is 1.00. The number of hydrogen-bond donors (Lipinski definition) is 0. The van der Waals surface area contributed by atoms with Gasteiger partial charge < -0.3 is 8.85 Å². The van der Waals surface area contributed by atoms with Crippen LogP contribution in [0.5, 0.6) is 0 Å². The zero-order chi connectivity index (χ0) is 13.3. The monoisotopic (exact) mass is 308 g/mol. The van der Waals surface area contributed by atoms with Gasteiger partial charge in [-0.1, -0.05) is 39.3 Å². The van der Waals surface area contributed by atoms with Crippen molar-refractivity contribution in [3.8, 4) is 0 Å². The Morgan fingerprint density at radius 3 is 2.18 bits per heavy atom. The zero-order valence-electron chi connectivity index (χ0n) is 12.4. The van der Waals surface area contributed by atoms with Crippen molar-refractivity contribution < 1.29 is 8.85 Å². The smallest absolute Gasteiger partial charge is 0.312 e. The van der Waals surface area contributed by atoms with Crippen molar-refractivity contribution in [1.29, 1.82) is 0 Å². The molecule has 1 aliphatic rings. The number of hydrogen-bond acceptors (Lipinski definition) is 3. The van der Waals surface area contributed by atoms with Gasteiger partial charge >= 0.3 is 8.08 Å². The molecule has 1 heterocycles. The van der Waals surface area contributed by atoms with Crippen LogP contribution in [0.25, 0.3) is 0 Å². The first-order valence-electron chi connectivity index (χ1n) is 6.46. The van der Waals surface area contributed by atoms with E-state index in [-0.39, 0.29) is 0 Å². The van der Waals surface area contributed by atoms with Crippen LogP contribution in [0.1, 0.15) is 0 Å². The Labute approximate surface area is 114 Å². The summed E-state index contributed by atoms with van der Waals surface area (Å²) in [6, 6.07) is 0. The summed E-state index contributed by atoms with van der Waals surface area (Å²) in [6.07, 6.45) is 0. The largest absolute Gasteiger partial charge is 0.396 e. The molecule has 1 saturated heterocycles. The molecule has 0 N–H and O–H groups in total. The molecule has 0 spiro atoms. The van der Waals surface area contributed by atoms with Crippen molar-refractivity contribution in [3.05, 3.63) is 0 Å². The van der Waals surface area contributed by atoms with E-state index in [0.717, 1.165) is 12.4 Å². The van der Waals surface area contributed by atoms with Gasteiger partial charge in [0, 0.05) is 23.8 Å².